The lowest BCUT2D eigenvalue weighted by molar-refractivity contribution is 0.102. The third-order valence-corrected chi connectivity index (χ3v) is 2.95. The molecule has 0 aromatic heterocycles. The summed E-state index contributed by atoms with van der Waals surface area (Å²) in [6.45, 7) is 2.55. The molecule has 2 rings (SSSR count). The third kappa shape index (κ3) is 3.79. The molecule has 2 aromatic carbocycles. The van der Waals surface area contributed by atoms with Crippen LogP contribution in [0.15, 0.2) is 42.5 Å². The predicted octanol–water partition coefficient (Wildman–Crippen LogP) is 2.94. The van der Waals surface area contributed by atoms with Gasteiger partial charge in [-0.1, -0.05) is 0 Å². The van der Waals surface area contributed by atoms with Gasteiger partial charge in [0.05, 0.1) is 6.61 Å². The minimum Gasteiger partial charge on any atom is -0.494 e. The zero-order chi connectivity index (χ0) is 15.2. The number of amides is 1. The lowest BCUT2D eigenvalue weighted by atomic mass is 10.1. The van der Waals surface area contributed by atoms with Crippen molar-refractivity contribution in [1.29, 1.82) is 0 Å². The lowest BCUT2D eigenvalue weighted by Gasteiger charge is -2.08. The minimum atomic E-state index is -0.378. The van der Waals surface area contributed by atoms with Crippen LogP contribution in [-0.2, 0) is 6.54 Å². The highest BCUT2D eigenvalue weighted by molar-refractivity contribution is 6.04. The Labute approximate surface area is 122 Å². The summed E-state index contributed by atoms with van der Waals surface area (Å²) in [6, 6.07) is 11.1. The van der Waals surface area contributed by atoms with E-state index in [2.05, 4.69) is 5.32 Å². The summed E-state index contributed by atoms with van der Waals surface area (Å²) in [5, 5.41) is 2.71. The van der Waals surface area contributed by atoms with E-state index in [4.69, 9.17) is 10.5 Å². The molecule has 0 saturated heterocycles. The molecule has 110 valence electrons. The van der Waals surface area contributed by atoms with Gasteiger partial charge in [-0.15, -0.1) is 0 Å². The zero-order valence-corrected chi connectivity index (χ0v) is 11.7. The molecule has 0 bridgehead atoms. The first kappa shape index (κ1) is 15.0. The largest absolute Gasteiger partial charge is 0.494 e. The van der Waals surface area contributed by atoms with Gasteiger partial charge in [0, 0.05) is 23.4 Å². The molecule has 0 spiro atoms. The van der Waals surface area contributed by atoms with E-state index in [1.807, 2.05) is 6.92 Å². The average molecular weight is 288 g/mol. The summed E-state index contributed by atoms with van der Waals surface area (Å²) >= 11 is 0. The lowest BCUT2D eigenvalue weighted by Crippen LogP contribution is -2.12. The van der Waals surface area contributed by atoms with E-state index in [9.17, 15) is 9.18 Å². The molecular weight excluding hydrogens is 271 g/mol. The number of ether oxygens (including phenoxy) is 1. The molecule has 4 nitrogen and oxygen atoms in total. The first-order chi connectivity index (χ1) is 10.1. The van der Waals surface area contributed by atoms with Crippen LogP contribution in [0, 0.1) is 5.82 Å². The van der Waals surface area contributed by atoms with Gasteiger partial charge in [0.1, 0.15) is 11.6 Å². The molecular formula is C16H17FN2O2. The first-order valence-electron chi connectivity index (χ1n) is 6.66. The van der Waals surface area contributed by atoms with Crippen molar-refractivity contribution in [2.75, 3.05) is 11.9 Å². The van der Waals surface area contributed by atoms with Crippen molar-refractivity contribution in [2.45, 2.75) is 13.5 Å². The van der Waals surface area contributed by atoms with Crippen LogP contribution < -0.4 is 15.8 Å². The number of rotatable bonds is 5. The second-order valence-electron chi connectivity index (χ2n) is 4.42. The maximum atomic E-state index is 13.3. The Hall–Kier alpha value is -2.40. The number of carbonyl (C=O) groups excluding carboxylic acids is 1. The molecule has 0 atom stereocenters. The van der Waals surface area contributed by atoms with E-state index in [0.717, 1.165) is 0 Å². The molecule has 21 heavy (non-hydrogen) atoms. The van der Waals surface area contributed by atoms with Crippen LogP contribution in [0.2, 0.25) is 0 Å². The SMILES string of the molecule is CCOc1ccc(C(=O)Nc2ccc(F)c(CN)c2)cc1. The molecule has 0 heterocycles. The molecule has 0 aliphatic rings. The number of benzene rings is 2. The molecule has 0 fully saturated rings. The fourth-order valence-electron chi connectivity index (χ4n) is 1.88. The number of halogens is 1. The van der Waals surface area contributed by atoms with Gasteiger partial charge < -0.3 is 15.8 Å². The van der Waals surface area contributed by atoms with Gasteiger partial charge in [0.2, 0.25) is 0 Å². The first-order valence-corrected chi connectivity index (χ1v) is 6.66. The molecule has 1 amide bonds. The average Bonchev–Trinajstić information content (AvgIpc) is 2.50. The number of nitrogens with one attached hydrogen (secondary N) is 1. The van der Waals surface area contributed by atoms with Crippen LogP contribution in [-0.4, -0.2) is 12.5 Å². The van der Waals surface area contributed by atoms with Crippen LogP contribution in [0.25, 0.3) is 0 Å². The second kappa shape index (κ2) is 6.85. The maximum Gasteiger partial charge on any atom is 0.255 e. The number of anilines is 1. The minimum absolute atomic E-state index is 0.0819. The molecule has 0 aliphatic heterocycles. The Kier molecular flexibility index (Phi) is 4.90. The Morgan fingerprint density at radius 1 is 1.24 bits per heavy atom. The van der Waals surface area contributed by atoms with E-state index in [0.29, 0.717) is 29.2 Å². The summed E-state index contributed by atoms with van der Waals surface area (Å²) in [5.74, 6) is 0.0606. The predicted molar refractivity (Wildman–Crippen MR) is 79.9 cm³/mol. The summed E-state index contributed by atoms with van der Waals surface area (Å²) < 4.78 is 18.7. The maximum absolute atomic E-state index is 13.3. The highest BCUT2D eigenvalue weighted by atomic mass is 19.1. The molecule has 0 unspecified atom stereocenters. The fourth-order valence-corrected chi connectivity index (χ4v) is 1.88. The highest BCUT2D eigenvalue weighted by Gasteiger charge is 2.08. The van der Waals surface area contributed by atoms with Gasteiger partial charge in [-0.3, -0.25) is 4.79 Å². The van der Waals surface area contributed by atoms with Crippen molar-refractivity contribution in [1.82, 2.24) is 0 Å². The van der Waals surface area contributed by atoms with Gasteiger partial charge in [-0.2, -0.15) is 0 Å². The van der Waals surface area contributed by atoms with Crippen LogP contribution in [0.1, 0.15) is 22.8 Å². The number of carbonyl (C=O) groups is 1. The molecule has 0 radical (unpaired) electrons. The van der Waals surface area contributed by atoms with Crippen LogP contribution in [0.3, 0.4) is 0 Å². The number of nitrogens with two attached hydrogens (primary N) is 1. The Bertz CT molecular complexity index is 627. The summed E-state index contributed by atoms with van der Waals surface area (Å²) in [6.07, 6.45) is 0. The van der Waals surface area contributed by atoms with E-state index >= 15 is 0 Å². The summed E-state index contributed by atoms with van der Waals surface area (Å²) in [7, 11) is 0. The van der Waals surface area contributed by atoms with Crippen molar-refractivity contribution in [3.8, 4) is 5.75 Å². The van der Waals surface area contributed by atoms with E-state index < -0.39 is 0 Å². The smallest absolute Gasteiger partial charge is 0.255 e. The third-order valence-electron chi connectivity index (χ3n) is 2.95. The van der Waals surface area contributed by atoms with Gasteiger partial charge in [0.15, 0.2) is 0 Å². The monoisotopic (exact) mass is 288 g/mol. The molecule has 0 aliphatic carbocycles. The standard InChI is InChI=1S/C16H17FN2O2/c1-2-21-14-6-3-11(4-7-14)16(20)19-13-5-8-15(17)12(9-13)10-18/h3-9H,2,10,18H2,1H3,(H,19,20). The fraction of sp³-hybridized carbons (Fsp3) is 0.188. The second-order valence-corrected chi connectivity index (χ2v) is 4.42. The number of hydrogen-bond acceptors (Lipinski definition) is 3. The summed E-state index contributed by atoms with van der Waals surface area (Å²) in [5.41, 5.74) is 6.81. The van der Waals surface area contributed by atoms with Crippen LogP contribution in [0.5, 0.6) is 5.75 Å². The van der Waals surface area contributed by atoms with E-state index in [-0.39, 0.29) is 18.3 Å². The number of hydrogen-bond donors (Lipinski definition) is 2. The molecule has 0 saturated carbocycles. The van der Waals surface area contributed by atoms with Crippen LogP contribution >= 0.6 is 0 Å². The normalized spacial score (nSPS) is 10.2. The van der Waals surface area contributed by atoms with Gasteiger partial charge >= 0.3 is 0 Å². The van der Waals surface area contributed by atoms with Crippen molar-refractivity contribution in [3.63, 3.8) is 0 Å². The van der Waals surface area contributed by atoms with E-state index in [1.54, 1.807) is 24.3 Å². The zero-order valence-electron chi connectivity index (χ0n) is 11.7. The van der Waals surface area contributed by atoms with Crippen molar-refractivity contribution in [3.05, 3.63) is 59.4 Å². The molecule has 2 aromatic rings. The van der Waals surface area contributed by atoms with Crippen molar-refractivity contribution in [2.24, 2.45) is 5.73 Å². The van der Waals surface area contributed by atoms with Crippen molar-refractivity contribution < 1.29 is 13.9 Å². The Balaban J connectivity index is 2.10. The molecule has 5 heteroatoms. The van der Waals surface area contributed by atoms with Crippen molar-refractivity contribution >= 4 is 11.6 Å². The molecule has 3 N–H and O–H groups in total. The quantitative estimate of drug-likeness (QED) is 0.889. The highest BCUT2D eigenvalue weighted by Crippen LogP contribution is 2.17. The van der Waals surface area contributed by atoms with Gasteiger partial charge in [-0.05, 0) is 49.4 Å². The topological polar surface area (TPSA) is 64.3 Å². The van der Waals surface area contributed by atoms with E-state index in [1.165, 1.54) is 18.2 Å². The van der Waals surface area contributed by atoms with Crippen LogP contribution in [0.4, 0.5) is 10.1 Å². The van der Waals surface area contributed by atoms with Gasteiger partial charge in [-0.25, -0.2) is 4.39 Å². The van der Waals surface area contributed by atoms with Gasteiger partial charge in [0.25, 0.3) is 5.91 Å². The summed E-state index contributed by atoms with van der Waals surface area (Å²) in [4.78, 5) is 12.1. The Morgan fingerprint density at radius 2 is 1.95 bits per heavy atom. The Morgan fingerprint density at radius 3 is 2.57 bits per heavy atom.